The van der Waals surface area contributed by atoms with Crippen LogP contribution in [0, 0.1) is 5.41 Å². The normalized spacial score (nSPS) is 26.2. The van der Waals surface area contributed by atoms with Crippen molar-refractivity contribution in [3.63, 3.8) is 0 Å². The first-order valence-electron chi connectivity index (χ1n) is 12.1. The van der Waals surface area contributed by atoms with Gasteiger partial charge in [-0.15, -0.1) is 0 Å². The highest BCUT2D eigenvalue weighted by Gasteiger charge is 2.38. The zero-order valence-corrected chi connectivity index (χ0v) is 22.4. The van der Waals surface area contributed by atoms with E-state index in [4.69, 9.17) is 55.2 Å². The number of carbonyl (C=O) groups is 1. The Kier molecular flexibility index (Phi) is 7.37. The van der Waals surface area contributed by atoms with E-state index >= 15 is 0 Å². The van der Waals surface area contributed by atoms with Gasteiger partial charge in [-0.3, -0.25) is 9.36 Å². The summed E-state index contributed by atoms with van der Waals surface area (Å²) in [7, 11) is 0. The monoisotopic (exact) mass is 569 g/mol. The quantitative estimate of drug-likeness (QED) is 0.349. The van der Waals surface area contributed by atoms with Crippen LogP contribution >= 0.6 is 34.8 Å². The Hall–Kier alpha value is -2.40. The van der Waals surface area contributed by atoms with Crippen molar-refractivity contribution < 1.29 is 13.9 Å². The number of imidazole rings is 1. The Morgan fingerprint density at radius 1 is 1.19 bits per heavy atom. The maximum Gasteiger partial charge on any atom is 0.225 e. The molecule has 1 saturated carbocycles. The van der Waals surface area contributed by atoms with E-state index in [0.717, 1.165) is 0 Å². The van der Waals surface area contributed by atoms with Gasteiger partial charge in [-0.05, 0) is 44.2 Å². The Morgan fingerprint density at radius 2 is 1.89 bits per heavy atom. The number of alkyl halides is 1. The molecule has 3 aromatic rings. The van der Waals surface area contributed by atoms with Crippen LogP contribution in [0.1, 0.15) is 45.1 Å². The smallest absolute Gasteiger partial charge is 0.225 e. The standard InChI is InChI=1S/C24H27Cl3FN7O2/c1-24(21(29)36)5-2-13(3-6-24)35-20-18(10-30-22(34-20)31-17-4-7-37-11-16(17)28)32-23(35)33-19-14(26)8-12(25)9-15(19)27/h8-10,13,16-17H,2-7,11H2,1H3,(H2,29,36)(H,32,33)(H,30,31,34)/t13-,16-,17+,24+/m1/s1. The zero-order valence-electron chi connectivity index (χ0n) is 20.1. The Labute approximate surface area is 228 Å². The van der Waals surface area contributed by atoms with Gasteiger partial charge < -0.3 is 21.1 Å². The number of ether oxygens (including phenoxy) is 1. The van der Waals surface area contributed by atoms with Crippen molar-refractivity contribution in [2.24, 2.45) is 11.1 Å². The molecule has 0 bridgehead atoms. The Bertz CT molecular complexity index is 1310. The van der Waals surface area contributed by atoms with Gasteiger partial charge in [0.25, 0.3) is 0 Å². The fourth-order valence-electron chi connectivity index (χ4n) is 4.94. The van der Waals surface area contributed by atoms with Crippen molar-refractivity contribution >= 4 is 69.5 Å². The number of nitrogens with two attached hydrogens (primary N) is 1. The van der Waals surface area contributed by atoms with Gasteiger partial charge in [0.1, 0.15) is 11.7 Å². The van der Waals surface area contributed by atoms with Crippen LogP contribution in [0.25, 0.3) is 11.2 Å². The van der Waals surface area contributed by atoms with E-state index < -0.39 is 17.6 Å². The van der Waals surface area contributed by atoms with Crippen LogP contribution < -0.4 is 16.4 Å². The summed E-state index contributed by atoms with van der Waals surface area (Å²) in [5.74, 6) is 0.468. The number of amides is 1. The van der Waals surface area contributed by atoms with Crippen LogP contribution in [0.4, 0.5) is 22.0 Å². The number of nitrogens with one attached hydrogen (secondary N) is 2. The summed E-state index contributed by atoms with van der Waals surface area (Å²) in [5.41, 5.74) is 6.67. The second-order valence-electron chi connectivity index (χ2n) is 9.86. The summed E-state index contributed by atoms with van der Waals surface area (Å²) in [6.45, 7) is 2.40. The number of rotatable bonds is 6. The molecule has 2 atom stereocenters. The molecule has 2 aromatic heterocycles. The van der Waals surface area contributed by atoms with Crippen molar-refractivity contribution in [2.75, 3.05) is 23.8 Å². The highest BCUT2D eigenvalue weighted by atomic mass is 35.5. The van der Waals surface area contributed by atoms with Crippen LogP contribution in [0.3, 0.4) is 0 Å². The number of hydrogen-bond donors (Lipinski definition) is 3. The van der Waals surface area contributed by atoms with Gasteiger partial charge in [0.05, 0.1) is 34.6 Å². The lowest BCUT2D eigenvalue weighted by Gasteiger charge is -2.35. The van der Waals surface area contributed by atoms with Gasteiger partial charge in [0.15, 0.2) is 5.65 Å². The molecule has 13 heteroatoms. The fourth-order valence-corrected chi connectivity index (χ4v) is 5.86. The molecule has 3 heterocycles. The molecule has 4 N–H and O–H groups in total. The van der Waals surface area contributed by atoms with Gasteiger partial charge in [0, 0.05) is 23.1 Å². The molecule has 198 valence electrons. The average molecular weight is 571 g/mol. The van der Waals surface area contributed by atoms with E-state index in [1.807, 2.05) is 11.5 Å². The van der Waals surface area contributed by atoms with E-state index in [2.05, 4.69) is 15.6 Å². The average Bonchev–Trinajstić information content (AvgIpc) is 3.20. The Morgan fingerprint density at radius 3 is 2.54 bits per heavy atom. The maximum atomic E-state index is 14.4. The summed E-state index contributed by atoms with van der Waals surface area (Å²) in [6, 6.07) is 2.70. The van der Waals surface area contributed by atoms with Gasteiger partial charge in [-0.25, -0.2) is 14.4 Å². The summed E-state index contributed by atoms with van der Waals surface area (Å²) in [4.78, 5) is 25.9. The fraction of sp³-hybridized carbons (Fsp3) is 0.500. The number of primary amides is 1. The summed E-state index contributed by atoms with van der Waals surface area (Å²) in [5, 5.41) is 7.44. The highest BCUT2D eigenvalue weighted by Crippen LogP contribution is 2.44. The molecule has 0 radical (unpaired) electrons. The highest BCUT2D eigenvalue weighted by molar-refractivity contribution is 6.41. The first-order chi connectivity index (χ1) is 17.6. The number of anilines is 3. The second kappa shape index (κ2) is 10.4. The molecular weight excluding hydrogens is 544 g/mol. The molecule has 1 aliphatic carbocycles. The van der Waals surface area contributed by atoms with Crippen LogP contribution in [0.5, 0.6) is 0 Å². The summed E-state index contributed by atoms with van der Waals surface area (Å²) >= 11 is 19.0. The minimum atomic E-state index is -1.16. The molecule has 0 spiro atoms. The molecule has 1 amide bonds. The molecule has 9 nitrogen and oxygen atoms in total. The molecule has 2 fully saturated rings. The maximum absolute atomic E-state index is 14.4. The number of fused-ring (bicyclic) bond motifs is 1. The van der Waals surface area contributed by atoms with Crippen LogP contribution in [-0.4, -0.2) is 50.9 Å². The van der Waals surface area contributed by atoms with E-state index in [-0.39, 0.29) is 18.6 Å². The van der Waals surface area contributed by atoms with Crippen molar-refractivity contribution in [1.82, 2.24) is 19.5 Å². The molecule has 1 saturated heterocycles. The SMILES string of the molecule is C[C@]1(C(N)=O)CC[C@@H](n2c(Nc3c(Cl)cc(Cl)cc3Cl)nc3cnc(N[C@H]4CCOC[C@H]4F)nc32)CC1. The Balaban J connectivity index is 1.54. The number of halogens is 4. The number of nitrogens with zero attached hydrogens (tertiary/aromatic N) is 4. The summed E-state index contributed by atoms with van der Waals surface area (Å²) in [6.07, 6.45) is 3.56. The molecule has 1 aromatic carbocycles. The lowest BCUT2D eigenvalue weighted by atomic mass is 9.73. The third-order valence-electron chi connectivity index (χ3n) is 7.30. The van der Waals surface area contributed by atoms with Gasteiger partial charge in [0.2, 0.25) is 17.8 Å². The van der Waals surface area contributed by atoms with E-state index in [1.54, 1.807) is 18.3 Å². The van der Waals surface area contributed by atoms with E-state index in [1.165, 1.54) is 0 Å². The lowest BCUT2D eigenvalue weighted by molar-refractivity contribution is -0.128. The summed E-state index contributed by atoms with van der Waals surface area (Å²) < 4.78 is 21.5. The first kappa shape index (κ1) is 26.2. The number of carbonyl (C=O) groups excluding carboxylic acids is 1. The van der Waals surface area contributed by atoms with Crippen molar-refractivity contribution in [3.8, 4) is 0 Å². The van der Waals surface area contributed by atoms with Crippen LogP contribution in [0.2, 0.25) is 15.1 Å². The molecule has 5 rings (SSSR count). The molecule has 1 aliphatic heterocycles. The van der Waals surface area contributed by atoms with E-state index in [0.29, 0.717) is 82.5 Å². The third kappa shape index (κ3) is 5.30. The lowest BCUT2D eigenvalue weighted by Crippen LogP contribution is -2.39. The molecule has 0 unspecified atom stereocenters. The number of hydrogen-bond acceptors (Lipinski definition) is 7. The largest absolute Gasteiger partial charge is 0.378 e. The second-order valence-corrected chi connectivity index (χ2v) is 11.1. The van der Waals surface area contributed by atoms with E-state index in [9.17, 15) is 9.18 Å². The zero-order chi connectivity index (χ0) is 26.3. The topological polar surface area (TPSA) is 120 Å². The minimum Gasteiger partial charge on any atom is -0.378 e. The predicted molar refractivity (Wildman–Crippen MR) is 143 cm³/mol. The van der Waals surface area contributed by atoms with Crippen LogP contribution in [-0.2, 0) is 9.53 Å². The molecule has 37 heavy (non-hydrogen) atoms. The van der Waals surface area contributed by atoms with Crippen molar-refractivity contribution in [2.45, 2.75) is 57.3 Å². The number of benzene rings is 1. The van der Waals surface area contributed by atoms with Gasteiger partial charge >= 0.3 is 0 Å². The number of aromatic nitrogens is 4. The van der Waals surface area contributed by atoms with Crippen LogP contribution in [0.15, 0.2) is 18.3 Å². The first-order valence-corrected chi connectivity index (χ1v) is 13.2. The van der Waals surface area contributed by atoms with Crippen molar-refractivity contribution in [1.29, 1.82) is 0 Å². The minimum absolute atomic E-state index is 0.0369. The third-order valence-corrected chi connectivity index (χ3v) is 8.11. The van der Waals surface area contributed by atoms with Gasteiger partial charge in [-0.2, -0.15) is 4.98 Å². The van der Waals surface area contributed by atoms with Gasteiger partial charge in [-0.1, -0.05) is 41.7 Å². The molecule has 2 aliphatic rings. The predicted octanol–water partition coefficient (Wildman–Crippen LogP) is 5.68. The van der Waals surface area contributed by atoms with Crippen molar-refractivity contribution in [3.05, 3.63) is 33.4 Å². The molecular formula is C24H27Cl3FN7O2.